The molecule has 0 aliphatic heterocycles. The lowest BCUT2D eigenvalue weighted by Gasteiger charge is -2.19. The number of hydrogen-bond acceptors (Lipinski definition) is 2. The highest BCUT2D eigenvalue weighted by Crippen LogP contribution is 2.22. The van der Waals surface area contributed by atoms with Crippen molar-refractivity contribution in [3.63, 3.8) is 0 Å². The first-order valence-electron chi connectivity index (χ1n) is 6.75. The maximum Gasteiger partial charge on any atom is 0.270 e. The lowest BCUT2D eigenvalue weighted by molar-refractivity contribution is 0.0946. The molecule has 1 N–H and O–H groups in total. The Morgan fingerprint density at radius 2 is 1.95 bits per heavy atom. The van der Waals surface area contributed by atoms with Gasteiger partial charge in [-0.1, -0.05) is 51.1 Å². The lowest BCUT2D eigenvalue weighted by atomic mass is 9.86. The van der Waals surface area contributed by atoms with Crippen LogP contribution in [0, 0.1) is 0 Å². The minimum Gasteiger partial charge on any atom is -0.347 e. The Morgan fingerprint density at radius 3 is 2.60 bits per heavy atom. The third-order valence-electron chi connectivity index (χ3n) is 3.14. The normalized spacial score (nSPS) is 11.2. The number of nitrogens with zero attached hydrogens (tertiary/aromatic N) is 1. The van der Waals surface area contributed by atoms with Crippen LogP contribution in [0.4, 0.5) is 0 Å². The van der Waals surface area contributed by atoms with Crippen molar-refractivity contribution in [2.24, 2.45) is 0 Å². The van der Waals surface area contributed by atoms with E-state index in [2.05, 4.69) is 43.2 Å². The molecule has 0 bridgehead atoms. The summed E-state index contributed by atoms with van der Waals surface area (Å²) in [6.45, 7) is 7.05. The Hall–Kier alpha value is -2.16. The van der Waals surface area contributed by atoms with E-state index < -0.39 is 0 Å². The van der Waals surface area contributed by atoms with Crippen LogP contribution in [0.5, 0.6) is 0 Å². The predicted molar refractivity (Wildman–Crippen MR) is 80.5 cm³/mol. The maximum absolute atomic E-state index is 11.9. The van der Waals surface area contributed by atoms with E-state index in [1.807, 2.05) is 18.2 Å². The predicted octanol–water partition coefficient (Wildman–Crippen LogP) is 3.31. The first kappa shape index (κ1) is 14.3. The third kappa shape index (κ3) is 3.67. The van der Waals surface area contributed by atoms with Crippen LogP contribution in [0.1, 0.15) is 42.4 Å². The van der Waals surface area contributed by atoms with Gasteiger partial charge in [0.15, 0.2) is 0 Å². The van der Waals surface area contributed by atoms with Crippen LogP contribution < -0.4 is 5.32 Å². The van der Waals surface area contributed by atoms with Gasteiger partial charge in [0.25, 0.3) is 5.91 Å². The fourth-order valence-electron chi connectivity index (χ4n) is 1.92. The summed E-state index contributed by atoms with van der Waals surface area (Å²) in [4.78, 5) is 16.0. The summed E-state index contributed by atoms with van der Waals surface area (Å²) in [5, 5.41) is 2.89. The van der Waals surface area contributed by atoms with Gasteiger partial charge >= 0.3 is 0 Å². The van der Waals surface area contributed by atoms with E-state index in [1.165, 1.54) is 5.56 Å². The molecule has 104 valence electrons. The zero-order chi connectivity index (χ0) is 14.6. The molecule has 0 saturated carbocycles. The highest BCUT2D eigenvalue weighted by molar-refractivity contribution is 5.92. The molecular formula is C17H20N2O. The quantitative estimate of drug-likeness (QED) is 0.928. The molecule has 0 spiro atoms. The van der Waals surface area contributed by atoms with Crippen LogP contribution in [0.2, 0.25) is 0 Å². The molecule has 0 unspecified atom stereocenters. The van der Waals surface area contributed by atoms with Gasteiger partial charge in [-0.2, -0.15) is 0 Å². The number of nitrogens with one attached hydrogen (secondary N) is 1. The van der Waals surface area contributed by atoms with Gasteiger partial charge in [-0.25, -0.2) is 0 Å². The highest BCUT2D eigenvalue weighted by atomic mass is 16.1. The number of rotatable bonds is 3. The Bertz CT molecular complexity index is 585. The van der Waals surface area contributed by atoms with Gasteiger partial charge in [0, 0.05) is 12.7 Å². The average Bonchev–Trinajstić information content (AvgIpc) is 2.45. The number of benzene rings is 1. The second-order valence-electron chi connectivity index (χ2n) is 5.85. The van der Waals surface area contributed by atoms with E-state index in [0.29, 0.717) is 12.2 Å². The summed E-state index contributed by atoms with van der Waals surface area (Å²) in [5.74, 6) is -0.147. The van der Waals surface area contributed by atoms with E-state index in [-0.39, 0.29) is 11.3 Å². The number of aromatic nitrogens is 1. The van der Waals surface area contributed by atoms with Gasteiger partial charge in [0.2, 0.25) is 0 Å². The summed E-state index contributed by atoms with van der Waals surface area (Å²) < 4.78 is 0. The van der Waals surface area contributed by atoms with Crippen LogP contribution in [0.25, 0.3) is 0 Å². The van der Waals surface area contributed by atoms with E-state index in [4.69, 9.17) is 0 Å². The molecule has 3 nitrogen and oxygen atoms in total. The molecule has 0 saturated heterocycles. The molecule has 0 atom stereocenters. The molecule has 0 aliphatic carbocycles. The molecule has 0 aliphatic rings. The molecular weight excluding hydrogens is 248 g/mol. The summed E-state index contributed by atoms with van der Waals surface area (Å²) in [5.41, 5.74) is 2.92. The maximum atomic E-state index is 11.9. The Labute approximate surface area is 120 Å². The molecule has 20 heavy (non-hydrogen) atoms. The molecule has 0 fully saturated rings. The second kappa shape index (κ2) is 5.87. The zero-order valence-electron chi connectivity index (χ0n) is 12.2. The van der Waals surface area contributed by atoms with E-state index in [9.17, 15) is 4.79 Å². The highest BCUT2D eigenvalue weighted by Gasteiger charge is 2.13. The number of hydrogen-bond donors (Lipinski definition) is 1. The average molecular weight is 268 g/mol. The van der Waals surface area contributed by atoms with Gasteiger partial charge in [-0.05, 0) is 28.7 Å². The van der Waals surface area contributed by atoms with Gasteiger partial charge < -0.3 is 5.32 Å². The molecule has 3 heteroatoms. The van der Waals surface area contributed by atoms with E-state index >= 15 is 0 Å². The van der Waals surface area contributed by atoms with Crippen molar-refractivity contribution in [3.05, 3.63) is 65.5 Å². The van der Waals surface area contributed by atoms with Crippen LogP contribution in [-0.2, 0) is 12.0 Å². The van der Waals surface area contributed by atoms with E-state index in [1.54, 1.807) is 18.3 Å². The molecule has 1 aromatic heterocycles. The van der Waals surface area contributed by atoms with Crippen LogP contribution >= 0.6 is 0 Å². The molecule has 2 aromatic rings. The Balaban J connectivity index is 2.03. The number of amides is 1. The van der Waals surface area contributed by atoms with Crippen molar-refractivity contribution in [2.75, 3.05) is 0 Å². The van der Waals surface area contributed by atoms with Crippen molar-refractivity contribution < 1.29 is 4.79 Å². The first-order valence-corrected chi connectivity index (χ1v) is 6.75. The summed E-state index contributed by atoms with van der Waals surface area (Å²) in [7, 11) is 0. The van der Waals surface area contributed by atoms with Gasteiger partial charge in [0.1, 0.15) is 5.69 Å². The summed E-state index contributed by atoms with van der Waals surface area (Å²) in [6, 6.07) is 13.6. The number of carbonyl (C=O) groups excluding carboxylic acids is 1. The van der Waals surface area contributed by atoms with Crippen molar-refractivity contribution >= 4 is 5.91 Å². The van der Waals surface area contributed by atoms with Crippen LogP contribution in [-0.4, -0.2) is 10.9 Å². The smallest absolute Gasteiger partial charge is 0.270 e. The topological polar surface area (TPSA) is 42.0 Å². The second-order valence-corrected chi connectivity index (χ2v) is 5.85. The van der Waals surface area contributed by atoms with Crippen molar-refractivity contribution in [1.82, 2.24) is 10.3 Å². The minimum absolute atomic E-state index is 0.112. The molecule has 2 rings (SSSR count). The largest absolute Gasteiger partial charge is 0.347 e. The Kier molecular flexibility index (Phi) is 4.18. The van der Waals surface area contributed by atoms with Crippen LogP contribution in [0.3, 0.4) is 0 Å². The Morgan fingerprint density at radius 1 is 1.15 bits per heavy atom. The SMILES string of the molecule is CC(C)(C)c1cccc(CNC(=O)c2ccccn2)c1. The molecule has 1 amide bonds. The van der Waals surface area contributed by atoms with Crippen molar-refractivity contribution in [2.45, 2.75) is 32.7 Å². The summed E-state index contributed by atoms with van der Waals surface area (Å²) >= 11 is 0. The van der Waals surface area contributed by atoms with Gasteiger partial charge in [-0.15, -0.1) is 0 Å². The number of pyridine rings is 1. The van der Waals surface area contributed by atoms with Gasteiger partial charge in [-0.3, -0.25) is 9.78 Å². The van der Waals surface area contributed by atoms with Gasteiger partial charge in [0.05, 0.1) is 0 Å². The monoisotopic (exact) mass is 268 g/mol. The fraction of sp³-hybridized carbons (Fsp3) is 0.294. The number of carbonyl (C=O) groups is 1. The van der Waals surface area contributed by atoms with E-state index in [0.717, 1.165) is 5.56 Å². The lowest BCUT2D eigenvalue weighted by Crippen LogP contribution is -2.24. The molecule has 1 aromatic carbocycles. The molecule has 1 heterocycles. The third-order valence-corrected chi connectivity index (χ3v) is 3.14. The zero-order valence-corrected chi connectivity index (χ0v) is 12.2. The minimum atomic E-state index is -0.147. The van der Waals surface area contributed by atoms with Crippen LogP contribution in [0.15, 0.2) is 48.7 Å². The standard InChI is InChI=1S/C17H20N2O/c1-17(2,3)14-8-6-7-13(11-14)12-19-16(20)15-9-4-5-10-18-15/h4-11H,12H2,1-3H3,(H,19,20). The molecule has 0 radical (unpaired) electrons. The first-order chi connectivity index (χ1) is 9.47. The summed E-state index contributed by atoms with van der Waals surface area (Å²) in [6.07, 6.45) is 1.62. The van der Waals surface area contributed by atoms with Crippen molar-refractivity contribution in [1.29, 1.82) is 0 Å². The fourth-order valence-corrected chi connectivity index (χ4v) is 1.92. The van der Waals surface area contributed by atoms with Crippen molar-refractivity contribution in [3.8, 4) is 0 Å².